The van der Waals surface area contributed by atoms with Crippen LogP contribution in [0.5, 0.6) is 0 Å². The first-order valence-electron chi connectivity index (χ1n) is 5.69. The van der Waals surface area contributed by atoms with E-state index in [9.17, 15) is 4.39 Å². The molecule has 0 amide bonds. The van der Waals surface area contributed by atoms with Gasteiger partial charge in [0.15, 0.2) is 0 Å². The fraction of sp³-hybridized carbons (Fsp3) is 0.636. The van der Waals surface area contributed by atoms with Crippen molar-refractivity contribution in [2.75, 3.05) is 37.9 Å². The zero-order valence-corrected chi connectivity index (χ0v) is 10.4. The van der Waals surface area contributed by atoms with Gasteiger partial charge in [-0.15, -0.1) is 0 Å². The van der Waals surface area contributed by atoms with E-state index >= 15 is 0 Å². The van der Waals surface area contributed by atoms with Gasteiger partial charge >= 0.3 is 0 Å². The number of anilines is 2. The predicted octanol–water partition coefficient (Wildman–Crippen LogP) is 0.247. The topological polar surface area (TPSA) is 73.5 Å². The van der Waals surface area contributed by atoms with Crippen molar-refractivity contribution >= 4 is 11.8 Å². The van der Waals surface area contributed by atoms with E-state index in [-0.39, 0.29) is 12.6 Å². The van der Waals surface area contributed by atoms with Crippen molar-refractivity contribution in [3.05, 3.63) is 12.3 Å². The summed E-state index contributed by atoms with van der Waals surface area (Å²) in [5.74, 6) is 0.771. The molecule has 1 saturated heterocycles. The molecule has 0 spiro atoms. The molecule has 1 aromatic heterocycles. The Morgan fingerprint density at radius 1 is 1.39 bits per heavy atom. The number of nitrogen functional groups attached to an aromatic ring is 1. The molecule has 0 saturated carbocycles. The van der Waals surface area contributed by atoms with Gasteiger partial charge < -0.3 is 20.1 Å². The Bertz CT molecular complexity index is 406. The van der Waals surface area contributed by atoms with Crippen LogP contribution in [-0.4, -0.2) is 55.7 Å². The molecule has 1 aliphatic rings. The van der Waals surface area contributed by atoms with E-state index in [4.69, 9.17) is 15.2 Å². The summed E-state index contributed by atoms with van der Waals surface area (Å²) in [6, 6.07) is 1.59. The monoisotopic (exact) mass is 256 g/mol. The molecule has 2 heterocycles. The van der Waals surface area contributed by atoms with E-state index in [1.54, 1.807) is 17.2 Å². The first-order valence-corrected chi connectivity index (χ1v) is 5.69. The van der Waals surface area contributed by atoms with Crippen LogP contribution in [0.4, 0.5) is 16.2 Å². The van der Waals surface area contributed by atoms with E-state index in [1.165, 1.54) is 14.2 Å². The molecule has 0 aliphatic carbocycles. The molecule has 2 unspecified atom stereocenters. The Hall–Kier alpha value is -1.47. The van der Waals surface area contributed by atoms with Crippen molar-refractivity contribution in [1.29, 1.82) is 0 Å². The maximum absolute atomic E-state index is 14.0. The van der Waals surface area contributed by atoms with Crippen LogP contribution in [0.3, 0.4) is 0 Å². The number of alkyl halides is 1. The van der Waals surface area contributed by atoms with Gasteiger partial charge in [-0.25, -0.2) is 9.37 Å². The van der Waals surface area contributed by atoms with Gasteiger partial charge in [0.05, 0.1) is 6.54 Å². The fourth-order valence-electron chi connectivity index (χ4n) is 2.13. The second-order valence-corrected chi connectivity index (χ2v) is 4.18. The molecule has 2 N–H and O–H groups in total. The number of ether oxygens (including phenoxy) is 2. The molecule has 0 bridgehead atoms. The standard InChI is InChI=1S/C11H17FN4O2/c1-17-8-6-16(5-7(12)10(8)18-2)11-14-4-3-9(13)15-11/h3-4,7-8,10H,5-6H2,1-2H3,(H2,13,14,15)/t7?,8-,10?/m1/s1. The minimum absolute atomic E-state index is 0.168. The number of aromatic nitrogens is 2. The Kier molecular flexibility index (Phi) is 3.93. The highest BCUT2D eigenvalue weighted by Crippen LogP contribution is 2.22. The molecule has 2 rings (SSSR count). The molecule has 0 aromatic carbocycles. The molecular weight excluding hydrogens is 239 g/mol. The van der Waals surface area contributed by atoms with E-state index in [0.29, 0.717) is 18.3 Å². The van der Waals surface area contributed by atoms with Crippen molar-refractivity contribution in [2.45, 2.75) is 18.4 Å². The lowest BCUT2D eigenvalue weighted by molar-refractivity contribution is -0.0794. The summed E-state index contributed by atoms with van der Waals surface area (Å²) in [6.45, 7) is 0.640. The number of piperidine rings is 1. The molecule has 18 heavy (non-hydrogen) atoms. The molecular formula is C11H17FN4O2. The van der Waals surface area contributed by atoms with Gasteiger partial charge in [0, 0.05) is 27.0 Å². The summed E-state index contributed by atoms with van der Waals surface area (Å²) in [4.78, 5) is 9.88. The second kappa shape index (κ2) is 5.45. The van der Waals surface area contributed by atoms with Gasteiger partial charge in [-0.05, 0) is 6.07 Å². The summed E-state index contributed by atoms with van der Waals surface area (Å²) in [5, 5.41) is 0. The van der Waals surface area contributed by atoms with Crippen LogP contribution in [0.25, 0.3) is 0 Å². The lowest BCUT2D eigenvalue weighted by atomic mass is 10.0. The van der Waals surface area contributed by atoms with Crippen LogP contribution >= 0.6 is 0 Å². The number of nitrogens with two attached hydrogens (primary N) is 1. The minimum Gasteiger partial charge on any atom is -0.384 e. The van der Waals surface area contributed by atoms with E-state index < -0.39 is 12.3 Å². The second-order valence-electron chi connectivity index (χ2n) is 4.18. The first-order chi connectivity index (χ1) is 8.65. The van der Waals surface area contributed by atoms with E-state index in [0.717, 1.165) is 0 Å². The SMILES string of the molecule is COC1C(F)CN(c2nccc(N)n2)C[C@H]1OC. The Morgan fingerprint density at radius 3 is 2.78 bits per heavy atom. The van der Waals surface area contributed by atoms with Crippen molar-refractivity contribution < 1.29 is 13.9 Å². The Labute approximate surface area is 105 Å². The maximum Gasteiger partial charge on any atom is 0.227 e. The third-order valence-corrected chi connectivity index (χ3v) is 3.04. The van der Waals surface area contributed by atoms with Crippen LogP contribution in [0.15, 0.2) is 12.3 Å². The van der Waals surface area contributed by atoms with Crippen LogP contribution in [0.1, 0.15) is 0 Å². The van der Waals surface area contributed by atoms with Gasteiger partial charge in [-0.1, -0.05) is 0 Å². The molecule has 1 aromatic rings. The van der Waals surface area contributed by atoms with Crippen molar-refractivity contribution in [1.82, 2.24) is 9.97 Å². The Morgan fingerprint density at radius 2 is 2.17 bits per heavy atom. The normalized spacial score (nSPS) is 28.4. The molecule has 1 fully saturated rings. The molecule has 1 aliphatic heterocycles. The van der Waals surface area contributed by atoms with Crippen LogP contribution in [0.2, 0.25) is 0 Å². The van der Waals surface area contributed by atoms with Gasteiger partial charge in [0.25, 0.3) is 0 Å². The molecule has 0 radical (unpaired) electrons. The molecule has 7 heteroatoms. The summed E-state index contributed by atoms with van der Waals surface area (Å²) in [6.07, 6.45) is -0.524. The highest BCUT2D eigenvalue weighted by molar-refractivity contribution is 5.38. The summed E-state index contributed by atoms with van der Waals surface area (Å²) >= 11 is 0. The molecule has 100 valence electrons. The quantitative estimate of drug-likeness (QED) is 0.835. The zero-order valence-electron chi connectivity index (χ0n) is 10.4. The third-order valence-electron chi connectivity index (χ3n) is 3.04. The van der Waals surface area contributed by atoms with Crippen LogP contribution in [0, 0.1) is 0 Å². The summed E-state index contributed by atoms with van der Waals surface area (Å²) < 4.78 is 24.4. The number of halogens is 1. The zero-order chi connectivity index (χ0) is 13.1. The smallest absolute Gasteiger partial charge is 0.227 e. The average Bonchev–Trinajstić information content (AvgIpc) is 2.37. The van der Waals surface area contributed by atoms with Gasteiger partial charge in [0.1, 0.15) is 24.2 Å². The van der Waals surface area contributed by atoms with Crippen LogP contribution in [-0.2, 0) is 9.47 Å². The Balaban J connectivity index is 2.16. The highest BCUT2D eigenvalue weighted by Gasteiger charge is 2.38. The number of methoxy groups -OCH3 is 2. The maximum atomic E-state index is 14.0. The van der Waals surface area contributed by atoms with Gasteiger partial charge in [-0.3, -0.25) is 0 Å². The largest absolute Gasteiger partial charge is 0.384 e. The minimum atomic E-state index is -1.15. The van der Waals surface area contributed by atoms with Crippen molar-refractivity contribution in [2.24, 2.45) is 0 Å². The molecule has 3 atom stereocenters. The highest BCUT2D eigenvalue weighted by atomic mass is 19.1. The summed E-state index contributed by atoms with van der Waals surface area (Å²) in [7, 11) is 3.02. The van der Waals surface area contributed by atoms with Crippen LogP contribution < -0.4 is 10.6 Å². The predicted molar refractivity (Wildman–Crippen MR) is 65.1 cm³/mol. The van der Waals surface area contributed by atoms with Crippen molar-refractivity contribution in [3.8, 4) is 0 Å². The number of rotatable bonds is 3. The lowest BCUT2D eigenvalue weighted by Crippen LogP contribution is -2.55. The lowest BCUT2D eigenvalue weighted by Gasteiger charge is -2.39. The molecule has 6 nitrogen and oxygen atoms in total. The van der Waals surface area contributed by atoms with E-state index in [2.05, 4.69) is 9.97 Å². The average molecular weight is 256 g/mol. The van der Waals surface area contributed by atoms with E-state index in [1.807, 2.05) is 0 Å². The van der Waals surface area contributed by atoms with Gasteiger partial charge in [0.2, 0.25) is 5.95 Å². The number of hydrogen-bond donors (Lipinski definition) is 1. The summed E-state index contributed by atoms with van der Waals surface area (Å²) in [5.41, 5.74) is 5.59. The third kappa shape index (κ3) is 2.51. The van der Waals surface area contributed by atoms with Crippen molar-refractivity contribution in [3.63, 3.8) is 0 Å². The number of hydrogen-bond acceptors (Lipinski definition) is 6. The fourth-order valence-corrected chi connectivity index (χ4v) is 2.13. The first kappa shape index (κ1) is 13.0. The number of nitrogens with zero attached hydrogens (tertiary/aromatic N) is 3. The van der Waals surface area contributed by atoms with Gasteiger partial charge in [-0.2, -0.15) is 4.98 Å².